The lowest BCUT2D eigenvalue weighted by Gasteiger charge is -2.11. The normalized spacial score (nSPS) is 12.8. The lowest BCUT2D eigenvalue weighted by Crippen LogP contribution is -2.10. The molecule has 72 valence electrons. The Bertz CT molecular complexity index is 266. The number of anilines is 1. The third kappa shape index (κ3) is 2.68. The molecular weight excluding hydrogens is 168 g/mol. The van der Waals surface area contributed by atoms with Gasteiger partial charge in [-0.25, -0.2) is 4.98 Å². The van der Waals surface area contributed by atoms with Gasteiger partial charge in [0.2, 0.25) is 0 Å². The molecular formula is C9H14N2O2. The Balaban J connectivity index is 2.65. The number of ether oxygens (including phenoxy) is 1. The largest absolute Gasteiger partial charge is 0.386 e. The van der Waals surface area contributed by atoms with E-state index in [1.54, 1.807) is 18.3 Å². The van der Waals surface area contributed by atoms with Crippen molar-refractivity contribution in [3.8, 4) is 0 Å². The standard InChI is InChI=1S/C9H14N2O2/c1-2-13-6-8(12)7-4-3-5-11-9(7)10/h3-5,8,12H,2,6H2,1H3,(H2,10,11). The van der Waals surface area contributed by atoms with Gasteiger partial charge >= 0.3 is 0 Å². The van der Waals surface area contributed by atoms with Gasteiger partial charge in [0.25, 0.3) is 0 Å². The highest BCUT2D eigenvalue weighted by atomic mass is 16.5. The minimum absolute atomic E-state index is 0.256. The van der Waals surface area contributed by atoms with Crippen molar-refractivity contribution in [3.63, 3.8) is 0 Å². The first kappa shape index (κ1) is 9.95. The summed E-state index contributed by atoms with van der Waals surface area (Å²) in [6, 6.07) is 3.48. The number of nitrogen functional groups attached to an aromatic ring is 1. The van der Waals surface area contributed by atoms with E-state index in [-0.39, 0.29) is 6.61 Å². The molecule has 4 heteroatoms. The Kier molecular flexibility index (Phi) is 3.67. The predicted octanol–water partition coefficient (Wildman–Crippen LogP) is 0.734. The van der Waals surface area contributed by atoms with Crippen LogP contribution in [0.4, 0.5) is 5.82 Å². The third-order valence-corrected chi connectivity index (χ3v) is 1.71. The minimum Gasteiger partial charge on any atom is -0.386 e. The van der Waals surface area contributed by atoms with Crippen LogP contribution in [0.2, 0.25) is 0 Å². The van der Waals surface area contributed by atoms with Crippen molar-refractivity contribution in [2.45, 2.75) is 13.0 Å². The number of rotatable bonds is 4. The molecule has 0 aliphatic rings. The van der Waals surface area contributed by atoms with E-state index < -0.39 is 6.10 Å². The van der Waals surface area contributed by atoms with Gasteiger partial charge in [-0.2, -0.15) is 0 Å². The second kappa shape index (κ2) is 4.79. The molecule has 4 nitrogen and oxygen atoms in total. The van der Waals surface area contributed by atoms with E-state index in [4.69, 9.17) is 10.5 Å². The fourth-order valence-electron chi connectivity index (χ4n) is 1.03. The van der Waals surface area contributed by atoms with E-state index in [2.05, 4.69) is 4.98 Å². The molecule has 1 atom stereocenters. The van der Waals surface area contributed by atoms with Crippen molar-refractivity contribution in [1.82, 2.24) is 4.98 Å². The molecule has 0 aliphatic heterocycles. The molecule has 1 unspecified atom stereocenters. The summed E-state index contributed by atoms with van der Waals surface area (Å²) >= 11 is 0. The van der Waals surface area contributed by atoms with Crippen LogP contribution < -0.4 is 5.73 Å². The number of hydrogen-bond donors (Lipinski definition) is 2. The van der Waals surface area contributed by atoms with Gasteiger partial charge in [-0.1, -0.05) is 6.07 Å². The molecule has 0 aromatic carbocycles. The van der Waals surface area contributed by atoms with Crippen LogP contribution in [0.5, 0.6) is 0 Å². The van der Waals surface area contributed by atoms with Crippen LogP contribution in [0.1, 0.15) is 18.6 Å². The highest BCUT2D eigenvalue weighted by Gasteiger charge is 2.10. The second-order valence-corrected chi connectivity index (χ2v) is 2.65. The van der Waals surface area contributed by atoms with Crippen LogP contribution in [0.25, 0.3) is 0 Å². The number of aliphatic hydroxyl groups excluding tert-OH is 1. The van der Waals surface area contributed by atoms with E-state index in [0.29, 0.717) is 18.0 Å². The van der Waals surface area contributed by atoms with Gasteiger partial charge in [0, 0.05) is 18.4 Å². The maximum atomic E-state index is 9.59. The van der Waals surface area contributed by atoms with Gasteiger partial charge in [0.05, 0.1) is 6.61 Å². The summed E-state index contributed by atoms with van der Waals surface area (Å²) in [5.41, 5.74) is 6.19. The number of nitrogens with zero attached hydrogens (tertiary/aromatic N) is 1. The average Bonchev–Trinajstić information content (AvgIpc) is 2.15. The van der Waals surface area contributed by atoms with Crippen molar-refractivity contribution >= 4 is 5.82 Å². The fraction of sp³-hybridized carbons (Fsp3) is 0.444. The maximum absolute atomic E-state index is 9.59. The molecule has 0 saturated carbocycles. The lowest BCUT2D eigenvalue weighted by molar-refractivity contribution is 0.0422. The summed E-state index contributed by atoms with van der Waals surface area (Å²) in [7, 11) is 0. The average molecular weight is 182 g/mol. The maximum Gasteiger partial charge on any atom is 0.129 e. The highest BCUT2D eigenvalue weighted by molar-refractivity contribution is 5.39. The first-order valence-electron chi connectivity index (χ1n) is 4.22. The quantitative estimate of drug-likeness (QED) is 0.720. The molecule has 3 N–H and O–H groups in total. The zero-order valence-corrected chi connectivity index (χ0v) is 7.60. The van der Waals surface area contributed by atoms with E-state index in [1.165, 1.54) is 0 Å². The summed E-state index contributed by atoms with van der Waals surface area (Å²) in [5.74, 6) is 0.356. The van der Waals surface area contributed by atoms with Crippen molar-refractivity contribution in [2.75, 3.05) is 18.9 Å². The smallest absolute Gasteiger partial charge is 0.129 e. The highest BCUT2D eigenvalue weighted by Crippen LogP contribution is 2.17. The molecule has 0 amide bonds. The van der Waals surface area contributed by atoms with Crippen LogP contribution in [0.3, 0.4) is 0 Å². The van der Waals surface area contributed by atoms with E-state index in [0.717, 1.165) is 0 Å². The molecule has 0 saturated heterocycles. The zero-order valence-electron chi connectivity index (χ0n) is 7.60. The molecule has 13 heavy (non-hydrogen) atoms. The van der Waals surface area contributed by atoms with Crippen molar-refractivity contribution in [1.29, 1.82) is 0 Å². The topological polar surface area (TPSA) is 68.4 Å². The SMILES string of the molecule is CCOCC(O)c1cccnc1N. The fourth-order valence-corrected chi connectivity index (χ4v) is 1.03. The number of nitrogens with two attached hydrogens (primary N) is 1. The van der Waals surface area contributed by atoms with Crippen LogP contribution in [-0.2, 0) is 4.74 Å². The minimum atomic E-state index is -0.686. The molecule has 0 radical (unpaired) electrons. The molecule has 1 aromatic heterocycles. The molecule has 1 heterocycles. The predicted molar refractivity (Wildman–Crippen MR) is 50.1 cm³/mol. The van der Waals surface area contributed by atoms with E-state index >= 15 is 0 Å². The van der Waals surface area contributed by atoms with Crippen LogP contribution in [0, 0.1) is 0 Å². The van der Waals surface area contributed by atoms with Crippen LogP contribution >= 0.6 is 0 Å². The van der Waals surface area contributed by atoms with Gasteiger partial charge in [-0.05, 0) is 13.0 Å². The van der Waals surface area contributed by atoms with Crippen molar-refractivity contribution < 1.29 is 9.84 Å². The first-order chi connectivity index (χ1) is 6.25. The lowest BCUT2D eigenvalue weighted by atomic mass is 10.1. The van der Waals surface area contributed by atoms with Crippen molar-refractivity contribution in [2.24, 2.45) is 0 Å². The summed E-state index contributed by atoms with van der Waals surface area (Å²) in [6.07, 6.45) is 0.903. The molecule has 1 rings (SSSR count). The van der Waals surface area contributed by atoms with E-state index in [9.17, 15) is 5.11 Å². The summed E-state index contributed by atoms with van der Waals surface area (Å²) < 4.78 is 5.07. The Hall–Kier alpha value is -1.13. The van der Waals surface area contributed by atoms with Gasteiger partial charge in [-0.3, -0.25) is 0 Å². The summed E-state index contributed by atoms with van der Waals surface area (Å²) in [6.45, 7) is 2.71. The van der Waals surface area contributed by atoms with Gasteiger partial charge < -0.3 is 15.6 Å². The van der Waals surface area contributed by atoms with Crippen LogP contribution in [0.15, 0.2) is 18.3 Å². The Morgan fingerprint density at radius 3 is 3.08 bits per heavy atom. The van der Waals surface area contributed by atoms with E-state index in [1.807, 2.05) is 6.92 Å². The first-order valence-corrected chi connectivity index (χ1v) is 4.22. The molecule has 0 bridgehead atoms. The number of pyridine rings is 1. The molecule has 0 spiro atoms. The molecule has 1 aromatic rings. The van der Waals surface area contributed by atoms with Gasteiger partial charge in [0.15, 0.2) is 0 Å². The zero-order chi connectivity index (χ0) is 9.68. The Morgan fingerprint density at radius 1 is 1.69 bits per heavy atom. The number of hydrogen-bond acceptors (Lipinski definition) is 4. The van der Waals surface area contributed by atoms with Crippen LogP contribution in [-0.4, -0.2) is 23.3 Å². The van der Waals surface area contributed by atoms with Gasteiger partial charge in [-0.15, -0.1) is 0 Å². The van der Waals surface area contributed by atoms with Gasteiger partial charge in [0.1, 0.15) is 11.9 Å². The third-order valence-electron chi connectivity index (χ3n) is 1.71. The summed E-state index contributed by atoms with van der Waals surface area (Å²) in [4.78, 5) is 3.87. The van der Waals surface area contributed by atoms with Crippen molar-refractivity contribution in [3.05, 3.63) is 23.9 Å². The summed E-state index contributed by atoms with van der Waals surface area (Å²) in [5, 5.41) is 9.59. The monoisotopic (exact) mass is 182 g/mol. The number of aliphatic hydroxyl groups is 1. The molecule has 0 fully saturated rings. The number of aromatic nitrogens is 1. The second-order valence-electron chi connectivity index (χ2n) is 2.65. The Labute approximate surface area is 77.4 Å². The molecule has 0 aliphatic carbocycles. The Morgan fingerprint density at radius 2 is 2.46 bits per heavy atom.